The molecule has 0 aliphatic carbocycles. The summed E-state index contributed by atoms with van der Waals surface area (Å²) in [7, 11) is -3.97. The van der Waals surface area contributed by atoms with E-state index in [9.17, 15) is 23.5 Å². The molecule has 304 valence electrons. The normalized spacial score (nSPS) is 18.6. The average Bonchev–Trinajstić information content (AvgIpc) is 3.26. The third-order valence-corrected chi connectivity index (χ3v) is 13.0. The number of hydrogen-bond donors (Lipinski definition) is 3. The number of aromatic nitrogens is 1. The molecule has 0 radical (unpaired) electrons. The number of pyridine rings is 1. The van der Waals surface area contributed by atoms with Gasteiger partial charge < -0.3 is 25.1 Å². The maximum atomic E-state index is 13.7. The first-order valence-electron chi connectivity index (χ1n) is 19.5. The molecule has 5 unspecified atom stereocenters. The van der Waals surface area contributed by atoms with Gasteiger partial charge in [-0.1, -0.05) is 133 Å². The van der Waals surface area contributed by atoms with Crippen LogP contribution in [0.15, 0.2) is 162 Å². The van der Waals surface area contributed by atoms with Crippen molar-refractivity contribution in [2.24, 2.45) is 5.92 Å². The van der Waals surface area contributed by atoms with Crippen molar-refractivity contribution >= 4 is 27.7 Å². The number of nitrogens with one attached hydrogen (secondary N) is 2. The molecule has 10 nitrogen and oxygen atoms in total. The zero-order valence-electron chi connectivity index (χ0n) is 32.8. The number of ether oxygens (including phenoxy) is 2. The summed E-state index contributed by atoms with van der Waals surface area (Å²) in [6, 6.07) is 43.7. The van der Waals surface area contributed by atoms with Gasteiger partial charge in [-0.3, -0.25) is 4.79 Å². The largest absolute Gasteiger partial charge is 0.618 e. The third kappa shape index (κ3) is 10.6. The van der Waals surface area contributed by atoms with E-state index in [0.29, 0.717) is 10.8 Å². The van der Waals surface area contributed by atoms with E-state index in [1.165, 1.54) is 30.1 Å². The number of sulfonamides is 1. The Morgan fingerprint density at radius 3 is 2.20 bits per heavy atom. The van der Waals surface area contributed by atoms with Crippen LogP contribution in [-0.4, -0.2) is 37.3 Å². The van der Waals surface area contributed by atoms with Gasteiger partial charge in [0.15, 0.2) is 12.5 Å². The quantitative estimate of drug-likeness (QED) is 0.0547. The maximum Gasteiger partial charge on any atom is 0.251 e. The summed E-state index contributed by atoms with van der Waals surface area (Å²) >= 11 is 1.45. The van der Waals surface area contributed by atoms with Crippen molar-refractivity contribution in [3.63, 3.8) is 0 Å². The van der Waals surface area contributed by atoms with Gasteiger partial charge in [0, 0.05) is 35.9 Å². The lowest BCUT2D eigenvalue weighted by atomic mass is 9.91. The number of carbonyl (C=O) groups is 1. The van der Waals surface area contributed by atoms with E-state index in [4.69, 9.17) is 9.47 Å². The van der Waals surface area contributed by atoms with Gasteiger partial charge in [0.25, 0.3) is 5.03 Å². The number of benzene rings is 5. The van der Waals surface area contributed by atoms with Crippen LogP contribution >= 0.6 is 11.8 Å². The second-order valence-corrected chi connectivity index (χ2v) is 17.5. The number of aliphatic hydroxyl groups excluding tert-OH is 1. The Labute approximate surface area is 349 Å². The number of amides is 1. The van der Waals surface area contributed by atoms with Crippen LogP contribution in [-0.2, 0) is 43.9 Å². The molecular formula is C47H47N3O7S2. The molecule has 59 heavy (non-hydrogen) atoms. The fraction of sp³-hybridized carbons (Fsp3) is 0.234. The molecule has 12 heteroatoms. The molecule has 0 bridgehead atoms. The zero-order valence-corrected chi connectivity index (χ0v) is 34.4. The predicted molar refractivity (Wildman–Crippen MR) is 228 cm³/mol. The van der Waals surface area contributed by atoms with Crippen molar-refractivity contribution in [3.8, 4) is 11.1 Å². The van der Waals surface area contributed by atoms with Gasteiger partial charge in [-0.15, -0.1) is 0 Å². The molecule has 0 spiro atoms. The highest BCUT2D eigenvalue weighted by atomic mass is 32.2. The molecule has 5 atom stereocenters. The first-order chi connectivity index (χ1) is 28.6. The number of aryl methyl sites for hydroxylation is 1. The number of carbonyl (C=O) groups excluding carboxylic acids is 1. The molecule has 7 rings (SSSR count). The second-order valence-electron chi connectivity index (χ2n) is 14.7. The average molecular weight is 830 g/mol. The van der Waals surface area contributed by atoms with Gasteiger partial charge in [0.2, 0.25) is 15.9 Å². The highest BCUT2D eigenvalue weighted by Crippen LogP contribution is 2.43. The maximum absolute atomic E-state index is 13.7. The van der Waals surface area contributed by atoms with Crippen molar-refractivity contribution in [2.75, 3.05) is 5.75 Å². The van der Waals surface area contributed by atoms with E-state index in [1.807, 2.05) is 116 Å². The molecule has 0 saturated carbocycles. The minimum Gasteiger partial charge on any atom is -0.618 e. The van der Waals surface area contributed by atoms with Crippen molar-refractivity contribution in [1.82, 2.24) is 10.0 Å². The van der Waals surface area contributed by atoms with Crippen LogP contribution in [0.4, 0.5) is 0 Å². The Kier molecular flexibility index (Phi) is 13.6. The minimum absolute atomic E-state index is 0.0352. The van der Waals surface area contributed by atoms with Crippen LogP contribution in [0.5, 0.6) is 0 Å². The number of aliphatic hydroxyl groups is 1. The van der Waals surface area contributed by atoms with Crippen molar-refractivity contribution in [2.45, 2.75) is 67.9 Å². The van der Waals surface area contributed by atoms with Crippen molar-refractivity contribution in [3.05, 3.63) is 190 Å². The standard InChI is InChI=1S/C47H47N3O7S2/c1-32-14-24-41(25-15-32)59(54,55)49-42(28-34-9-4-3-5-10-34)46(52)48-29-36-11-8-12-40(27-36)37-20-22-39(23-21-37)47-56-43(31-58-44-13-6-7-26-50(44)53)33(2)45(57-47)38-18-16-35(30-51)17-19-38/h3-27,33,42-43,45,47,49,51H,28-31H2,1-2H3,(H,48,52). The molecular weight excluding hydrogens is 783 g/mol. The van der Waals surface area contributed by atoms with Gasteiger partial charge in [0.05, 0.1) is 23.7 Å². The first-order valence-corrected chi connectivity index (χ1v) is 21.9. The Balaban J connectivity index is 1.05. The van der Waals surface area contributed by atoms with Crippen molar-refractivity contribution in [1.29, 1.82) is 0 Å². The monoisotopic (exact) mass is 829 g/mol. The van der Waals surface area contributed by atoms with Gasteiger partial charge in [-0.25, -0.2) is 8.42 Å². The fourth-order valence-electron chi connectivity index (χ4n) is 7.02. The summed E-state index contributed by atoms with van der Waals surface area (Å²) in [5.74, 6) is 0.0782. The van der Waals surface area contributed by atoms with Crippen LogP contribution in [0.1, 0.15) is 52.7 Å². The summed E-state index contributed by atoms with van der Waals surface area (Å²) in [5, 5.41) is 25.6. The molecule has 3 N–H and O–H groups in total. The van der Waals surface area contributed by atoms with E-state index >= 15 is 0 Å². The third-order valence-electron chi connectivity index (χ3n) is 10.4. The lowest BCUT2D eigenvalue weighted by Gasteiger charge is -2.41. The molecule has 6 aromatic rings. The van der Waals surface area contributed by atoms with E-state index in [2.05, 4.69) is 17.0 Å². The smallest absolute Gasteiger partial charge is 0.251 e. The van der Waals surface area contributed by atoms with Gasteiger partial charge >= 0.3 is 0 Å². The lowest BCUT2D eigenvalue weighted by molar-refractivity contribution is -0.645. The minimum atomic E-state index is -3.97. The molecule has 5 aromatic carbocycles. The number of hydrogen-bond acceptors (Lipinski definition) is 8. The number of thioether (sulfide) groups is 1. The van der Waals surface area contributed by atoms with Crippen LogP contribution in [0.3, 0.4) is 0 Å². The summed E-state index contributed by atoms with van der Waals surface area (Å²) in [4.78, 5) is 13.7. The summed E-state index contributed by atoms with van der Waals surface area (Å²) in [5.41, 5.74) is 7.13. The summed E-state index contributed by atoms with van der Waals surface area (Å²) in [6.45, 7) is 4.12. The molecule has 1 aliphatic rings. The van der Waals surface area contributed by atoms with Crippen LogP contribution in [0.2, 0.25) is 0 Å². The number of rotatable bonds is 15. The van der Waals surface area contributed by atoms with Gasteiger partial charge in [0.1, 0.15) is 6.04 Å². The highest BCUT2D eigenvalue weighted by molar-refractivity contribution is 7.99. The summed E-state index contributed by atoms with van der Waals surface area (Å²) in [6.07, 6.45) is 0.470. The highest BCUT2D eigenvalue weighted by Gasteiger charge is 2.39. The summed E-state index contributed by atoms with van der Waals surface area (Å²) < 4.78 is 43.4. The van der Waals surface area contributed by atoms with Crippen LogP contribution in [0, 0.1) is 18.0 Å². The van der Waals surface area contributed by atoms with Crippen LogP contribution in [0.25, 0.3) is 11.1 Å². The van der Waals surface area contributed by atoms with E-state index < -0.39 is 28.3 Å². The molecule has 1 aliphatic heterocycles. The first kappa shape index (κ1) is 41.8. The molecule has 2 heterocycles. The Hall–Kier alpha value is -5.34. The van der Waals surface area contributed by atoms with Gasteiger partial charge in [-0.2, -0.15) is 9.45 Å². The molecule has 1 saturated heterocycles. The SMILES string of the molecule is Cc1ccc(S(=O)(=O)NC(Cc2ccccc2)C(=O)NCc2cccc(-c3ccc(C4OC(CSc5cccc[n+]5[O-])C(C)C(c5ccc(CO)cc5)O4)cc3)c2)cc1. The fourth-order valence-corrected chi connectivity index (χ4v) is 9.29. The predicted octanol–water partition coefficient (Wildman–Crippen LogP) is 7.58. The van der Waals surface area contributed by atoms with Crippen molar-refractivity contribution < 1.29 is 32.5 Å². The second kappa shape index (κ2) is 19.2. The van der Waals surface area contributed by atoms with E-state index in [1.54, 1.807) is 24.3 Å². The molecule has 1 fully saturated rings. The van der Waals surface area contributed by atoms with E-state index in [0.717, 1.165) is 49.2 Å². The Bertz CT molecular complexity index is 2430. The molecule has 1 amide bonds. The van der Waals surface area contributed by atoms with E-state index in [-0.39, 0.29) is 42.6 Å². The Morgan fingerprint density at radius 2 is 1.49 bits per heavy atom. The lowest BCUT2D eigenvalue weighted by Crippen LogP contribution is -2.47. The topological polar surface area (TPSA) is 141 Å². The zero-order chi connectivity index (χ0) is 41.4. The van der Waals surface area contributed by atoms with Crippen LogP contribution < -0.4 is 14.8 Å². The Morgan fingerprint density at radius 1 is 0.797 bits per heavy atom. The molecule has 1 aromatic heterocycles. The van der Waals surface area contributed by atoms with Gasteiger partial charge in [-0.05, 0) is 71.0 Å². The number of nitrogens with zero attached hydrogens (tertiary/aromatic N) is 1.